The number of hydrogen-bond donors (Lipinski definition) is 1. The van der Waals surface area contributed by atoms with Crippen LogP contribution in [0.3, 0.4) is 0 Å². The van der Waals surface area contributed by atoms with Crippen molar-refractivity contribution in [2.75, 3.05) is 33.0 Å². The average Bonchev–Trinajstić information content (AvgIpc) is 3.44. The lowest BCUT2D eigenvalue weighted by molar-refractivity contribution is -0.140. The number of likely N-dealkylation sites (tertiary alicyclic amines) is 1. The van der Waals surface area contributed by atoms with Gasteiger partial charge in [0.25, 0.3) is 5.91 Å². The number of carbonyl (C=O) groups excluding carboxylic acids is 3. The number of nitrogens with zero attached hydrogens (tertiary/aromatic N) is 3. The minimum Gasteiger partial charge on any atom is -0.467 e. The Hall–Kier alpha value is -3.43. The largest absolute Gasteiger partial charge is 0.467 e. The summed E-state index contributed by atoms with van der Waals surface area (Å²) in [7, 11) is 0. The van der Waals surface area contributed by atoms with Gasteiger partial charge in [0.1, 0.15) is 12.7 Å². The predicted octanol–water partition coefficient (Wildman–Crippen LogP) is 1.50. The van der Waals surface area contributed by atoms with E-state index in [1.165, 1.54) is 15.6 Å². The van der Waals surface area contributed by atoms with E-state index in [1.54, 1.807) is 31.2 Å². The van der Waals surface area contributed by atoms with Gasteiger partial charge in [0.05, 0.1) is 12.3 Å². The van der Waals surface area contributed by atoms with E-state index in [2.05, 4.69) is 10.4 Å². The summed E-state index contributed by atoms with van der Waals surface area (Å²) in [6.07, 6.45) is 1.19. The highest BCUT2D eigenvalue weighted by molar-refractivity contribution is 5.89. The molecule has 0 aliphatic carbocycles. The highest BCUT2D eigenvalue weighted by Gasteiger charge is 2.34. The fourth-order valence-electron chi connectivity index (χ4n) is 3.37. The molecule has 2 aromatic rings. The third kappa shape index (κ3) is 5.39. The van der Waals surface area contributed by atoms with Crippen molar-refractivity contribution in [1.29, 1.82) is 0 Å². The van der Waals surface area contributed by atoms with Crippen LogP contribution in [-0.2, 0) is 14.3 Å². The van der Waals surface area contributed by atoms with Gasteiger partial charge in [-0.25, -0.2) is 13.9 Å². The number of amides is 2. The summed E-state index contributed by atoms with van der Waals surface area (Å²) in [5.74, 6) is -1.16. The van der Waals surface area contributed by atoms with Crippen molar-refractivity contribution in [2.45, 2.75) is 25.8 Å². The third-order valence-electron chi connectivity index (χ3n) is 4.78. The zero-order chi connectivity index (χ0) is 22.2. The van der Waals surface area contributed by atoms with E-state index in [0.29, 0.717) is 25.1 Å². The molecule has 10 heteroatoms. The lowest BCUT2D eigenvalue weighted by Crippen LogP contribution is -2.47. The van der Waals surface area contributed by atoms with Crippen LogP contribution in [0.2, 0.25) is 0 Å². The number of benzene rings is 1. The number of alkyl halides is 1. The highest BCUT2D eigenvalue weighted by Crippen LogP contribution is 2.22. The minimum atomic E-state index is -0.665. The van der Waals surface area contributed by atoms with E-state index < -0.39 is 18.7 Å². The van der Waals surface area contributed by atoms with Gasteiger partial charge < -0.3 is 19.7 Å². The molecule has 1 aromatic carbocycles. The quantitative estimate of drug-likeness (QED) is 0.603. The summed E-state index contributed by atoms with van der Waals surface area (Å²) in [5, 5.41) is 6.72. The molecule has 1 N–H and O–H groups in total. The molecule has 1 atom stereocenters. The van der Waals surface area contributed by atoms with Crippen molar-refractivity contribution in [2.24, 2.45) is 0 Å². The first-order chi connectivity index (χ1) is 15.0. The Labute approximate surface area is 179 Å². The molecule has 0 saturated carbocycles. The molecule has 1 aliphatic rings. The van der Waals surface area contributed by atoms with Crippen LogP contribution in [0.4, 0.5) is 4.39 Å². The third-order valence-corrected chi connectivity index (χ3v) is 4.78. The summed E-state index contributed by atoms with van der Waals surface area (Å²) in [6, 6.07) is 9.78. The van der Waals surface area contributed by atoms with Gasteiger partial charge in [-0.1, -0.05) is 18.2 Å². The lowest BCUT2D eigenvalue weighted by atomic mass is 10.2. The number of ether oxygens (including phenoxy) is 2. The van der Waals surface area contributed by atoms with Crippen molar-refractivity contribution < 1.29 is 28.2 Å². The molecule has 9 nitrogen and oxygen atoms in total. The van der Waals surface area contributed by atoms with E-state index in [-0.39, 0.29) is 43.1 Å². The van der Waals surface area contributed by atoms with Crippen molar-refractivity contribution in [3.8, 4) is 11.6 Å². The molecule has 31 heavy (non-hydrogen) atoms. The number of nitrogens with one attached hydrogen (secondary N) is 1. The van der Waals surface area contributed by atoms with Crippen LogP contribution in [-0.4, -0.2) is 71.5 Å². The molecule has 0 bridgehead atoms. The fourth-order valence-corrected chi connectivity index (χ4v) is 3.37. The topological polar surface area (TPSA) is 103 Å². The first-order valence-electron chi connectivity index (χ1n) is 10.1. The first kappa shape index (κ1) is 22.3. The molecule has 1 saturated heterocycles. The molecule has 3 rings (SSSR count). The summed E-state index contributed by atoms with van der Waals surface area (Å²) in [5.41, 5.74) is 0.697. The van der Waals surface area contributed by atoms with Crippen molar-refractivity contribution in [3.05, 3.63) is 42.1 Å². The van der Waals surface area contributed by atoms with Gasteiger partial charge in [0, 0.05) is 19.2 Å². The van der Waals surface area contributed by atoms with Gasteiger partial charge in [-0.05, 0) is 31.9 Å². The van der Waals surface area contributed by atoms with Crippen LogP contribution in [0, 0.1) is 0 Å². The Morgan fingerprint density at radius 2 is 2.03 bits per heavy atom. The van der Waals surface area contributed by atoms with Gasteiger partial charge >= 0.3 is 5.97 Å². The Balaban J connectivity index is 1.73. The monoisotopic (exact) mass is 432 g/mol. The molecule has 166 valence electrons. The number of halogens is 1. The molecule has 1 aliphatic heterocycles. The molecule has 0 radical (unpaired) electrons. The van der Waals surface area contributed by atoms with Crippen molar-refractivity contribution >= 4 is 17.8 Å². The van der Waals surface area contributed by atoms with E-state index in [9.17, 15) is 18.8 Å². The molecule has 0 spiro atoms. The van der Waals surface area contributed by atoms with Gasteiger partial charge in [-0.15, -0.1) is 0 Å². The second kappa shape index (κ2) is 10.6. The summed E-state index contributed by atoms with van der Waals surface area (Å²) in [6.45, 7) is 1.23. The van der Waals surface area contributed by atoms with Crippen LogP contribution in [0.15, 0.2) is 36.4 Å². The van der Waals surface area contributed by atoms with Gasteiger partial charge in [-0.3, -0.25) is 9.59 Å². The van der Waals surface area contributed by atoms with Crippen LogP contribution in [0.5, 0.6) is 5.88 Å². The van der Waals surface area contributed by atoms with Crippen LogP contribution < -0.4 is 10.1 Å². The molecule has 0 unspecified atom stereocenters. The molecule has 1 aromatic heterocycles. The maximum Gasteiger partial charge on any atom is 0.358 e. The number of carbonyl (C=O) groups is 3. The summed E-state index contributed by atoms with van der Waals surface area (Å²) >= 11 is 0. The highest BCUT2D eigenvalue weighted by atomic mass is 19.1. The average molecular weight is 432 g/mol. The number of hydrogen-bond acceptors (Lipinski definition) is 6. The van der Waals surface area contributed by atoms with Crippen LogP contribution >= 0.6 is 0 Å². The molecule has 1 fully saturated rings. The van der Waals surface area contributed by atoms with Gasteiger partial charge in [0.2, 0.25) is 11.8 Å². The number of rotatable bonds is 9. The second-order valence-corrected chi connectivity index (χ2v) is 6.85. The molecule has 2 heterocycles. The van der Waals surface area contributed by atoms with Crippen LogP contribution in [0.1, 0.15) is 30.3 Å². The predicted molar refractivity (Wildman–Crippen MR) is 109 cm³/mol. The second-order valence-electron chi connectivity index (χ2n) is 6.85. The summed E-state index contributed by atoms with van der Waals surface area (Å²) in [4.78, 5) is 38.4. The van der Waals surface area contributed by atoms with Crippen molar-refractivity contribution in [3.63, 3.8) is 0 Å². The lowest BCUT2D eigenvalue weighted by Gasteiger charge is -2.23. The zero-order valence-electron chi connectivity index (χ0n) is 17.3. The summed E-state index contributed by atoms with van der Waals surface area (Å²) < 4.78 is 24.4. The van der Waals surface area contributed by atoms with E-state index in [4.69, 9.17) is 9.47 Å². The maximum absolute atomic E-state index is 12.7. The molecular formula is C21H25FN4O5. The number of para-hydroxylation sites is 1. The van der Waals surface area contributed by atoms with E-state index >= 15 is 0 Å². The Morgan fingerprint density at radius 3 is 2.74 bits per heavy atom. The SMILES string of the molecule is CCOC(=O)c1cc(OCC(=O)N2CCC[C@H]2C(=O)NCCF)n(-c2ccccc2)n1. The molecular weight excluding hydrogens is 407 g/mol. The first-order valence-corrected chi connectivity index (χ1v) is 10.1. The molecule has 2 amide bonds. The Kier molecular flexibility index (Phi) is 7.58. The van der Waals surface area contributed by atoms with Gasteiger partial charge in [0.15, 0.2) is 12.3 Å². The zero-order valence-corrected chi connectivity index (χ0v) is 17.3. The fraction of sp³-hybridized carbons (Fsp3) is 0.429. The maximum atomic E-state index is 12.7. The Bertz CT molecular complexity index is 918. The minimum absolute atomic E-state index is 0.0535. The van der Waals surface area contributed by atoms with Crippen LogP contribution in [0.25, 0.3) is 5.69 Å². The Morgan fingerprint density at radius 1 is 1.26 bits per heavy atom. The smallest absolute Gasteiger partial charge is 0.358 e. The van der Waals surface area contributed by atoms with Gasteiger partial charge in [-0.2, -0.15) is 5.10 Å². The van der Waals surface area contributed by atoms with E-state index in [0.717, 1.165) is 0 Å². The standard InChI is InChI=1S/C21H25FN4O5/c1-2-30-21(29)16-13-19(26(24-16)15-7-4-3-5-8-15)31-14-18(27)25-12-6-9-17(25)20(28)23-11-10-22/h3-5,7-8,13,17H,2,6,9-12,14H2,1H3,(H,23,28)/t17-/m0/s1. The normalized spacial score (nSPS) is 15.5. The van der Waals surface area contributed by atoms with Crippen molar-refractivity contribution in [1.82, 2.24) is 20.0 Å². The number of aromatic nitrogens is 2. The number of esters is 1. The van der Waals surface area contributed by atoms with E-state index in [1.807, 2.05) is 6.07 Å².